The summed E-state index contributed by atoms with van der Waals surface area (Å²) >= 11 is 5.36. The summed E-state index contributed by atoms with van der Waals surface area (Å²) in [6.07, 6.45) is 0.460. The van der Waals surface area contributed by atoms with Gasteiger partial charge in [-0.15, -0.1) is 11.6 Å². The lowest BCUT2D eigenvalue weighted by atomic mass is 10.1. The molecule has 0 saturated carbocycles. The standard InChI is InChI=1S/C9H16ClNO3/c1-3-7(5-8(12)6-10)11-9(13)14-4-2/h7H,3-6H2,1-2H3,(H,11,13). The lowest BCUT2D eigenvalue weighted by molar-refractivity contribution is -0.117. The maximum absolute atomic E-state index is 11.0. The van der Waals surface area contributed by atoms with Gasteiger partial charge in [-0.05, 0) is 13.3 Å². The lowest BCUT2D eigenvalue weighted by Gasteiger charge is -2.14. The number of ketones is 1. The molecule has 0 spiro atoms. The maximum atomic E-state index is 11.0. The molecule has 5 heteroatoms. The van der Waals surface area contributed by atoms with Crippen LogP contribution in [0.15, 0.2) is 0 Å². The van der Waals surface area contributed by atoms with E-state index in [9.17, 15) is 9.59 Å². The molecule has 4 nitrogen and oxygen atoms in total. The average molecular weight is 222 g/mol. The van der Waals surface area contributed by atoms with E-state index in [0.717, 1.165) is 0 Å². The summed E-state index contributed by atoms with van der Waals surface area (Å²) in [5.74, 6) is -0.0867. The topological polar surface area (TPSA) is 55.4 Å². The Morgan fingerprint density at radius 3 is 2.50 bits per heavy atom. The van der Waals surface area contributed by atoms with Gasteiger partial charge in [-0.2, -0.15) is 0 Å². The van der Waals surface area contributed by atoms with Gasteiger partial charge in [0.1, 0.15) is 5.78 Å². The number of Topliss-reactive ketones (excluding diaryl/α,β-unsaturated/α-hetero) is 1. The fourth-order valence-corrected chi connectivity index (χ4v) is 1.08. The average Bonchev–Trinajstić information content (AvgIpc) is 2.16. The van der Waals surface area contributed by atoms with Gasteiger partial charge in [-0.25, -0.2) is 4.79 Å². The zero-order valence-corrected chi connectivity index (χ0v) is 9.26. The first-order chi connectivity index (χ1) is 6.63. The van der Waals surface area contributed by atoms with E-state index in [1.165, 1.54) is 0 Å². The van der Waals surface area contributed by atoms with Gasteiger partial charge in [-0.3, -0.25) is 4.79 Å². The van der Waals surface area contributed by atoms with E-state index < -0.39 is 6.09 Å². The zero-order valence-electron chi connectivity index (χ0n) is 8.51. The molecule has 0 saturated heterocycles. The van der Waals surface area contributed by atoms with E-state index in [2.05, 4.69) is 5.32 Å². The van der Waals surface area contributed by atoms with E-state index in [1.807, 2.05) is 6.92 Å². The Kier molecular flexibility index (Phi) is 7.20. The second-order valence-electron chi connectivity index (χ2n) is 2.85. The molecule has 14 heavy (non-hydrogen) atoms. The quantitative estimate of drug-likeness (QED) is 0.695. The summed E-state index contributed by atoms with van der Waals surface area (Å²) < 4.78 is 4.70. The van der Waals surface area contributed by atoms with Crippen LogP contribution in [0, 0.1) is 0 Å². The number of hydrogen-bond acceptors (Lipinski definition) is 3. The van der Waals surface area contributed by atoms with Crippen LogP contribution in [0.4, 0.5) is 4.79 Å². The van der Waals surface area contributed by atoms with Crippen LogP contribution in [-0.2, 0) is 9.53 Å². The third kappa shape index (κ3) is 5.80. The highest BCUT2D eigenvalue weighted by molar-refractivity contribution is 6.27. The van der Waals surface area contributed by atoms with Crippen LogP contribution in [-0.4, -0.2) is 30.4 Å². The van der Waals surface area contributed by atoms with E-state index in [0.29, 0.717) is 13.0 Å². The third-order valence-electron chi connectivity index (χ3n) is 1.71. The minimum Gasteiger partial charge on any atom is -0.450 e. The number of halogens is 1. The molecule has 1 N–H and O–H groups in total. The molecular formula is C9H16ClNO3. The lowest BCUT2D eigenvalue weighted by Crippen LogP contribution is -2.36. The number of alkyl halides is 1. The Bertz CT molecular complexity index is 196. The van der Waals surface area contributed by atoms with E-state index in [4.69, 9.17) is 16.3 Å². The largest absolute Gasteiger partial charge is 0.450 e. The molecule has 0 aliphatic heterocycles. The fraction of sp³-hybridized carbons (Fsp3) is 0.778. The molecule has 0 fully saturated rings. The minimum atomic E-state index is -0.485. The van der Waals surface area contributed by atoms with Crippen LogP contribution in [0.2, 0.25) is 0 Å². The van der Waals surface area contributed by atoms with Gasteiger partial charge in [0.25, 0.3) is 0 Å². The Morgan fingerprint density at radius 1 is 1.43 bits per heavy atom. The van der Waals surface area contributed by atoms with Gasteiger partial charge in [0.2, 0.25) is 0 Å². The van der Waals surface area contributed by atoms with Crippen molar-refractivity contribution in [3.05, 3.63) is 0 Å². The van der Waals surface area contributed by atoms with Crippen LogP contribution in [0.3, 0.4) is 0 Å². The van der Waals surface area contributed by atoms with Crippen LogP contribution >= 0.6 is 11.6 Å². The first-order valence-electron chi connectivity index (χ1n) is 4.64. The third-order valence-corrected chi connectivity index (χ3v) is 2.01. The molecule has 1 atom stereocenters. The van der Waals surface area contributed by atoms with E-state index in [-0.39, 0.29) is 24.1 Å². The molecule has 1 amide bonds. The van der Waals surface area contributed by atoms with Crippen molar-refractivity contribution < 1.29 is 14.3 Å². The normalized spacial score (nSPS) is 11.9. The Balaban J connectivity index is 3.89. The first kappa shape index (κ1) is 13.2. The van der Waals surface area contributed by atoms with Crippen molar-refractivity contribution in [1.82, 2.24) is 5.32 Å². The predicted molar refractivity (Wildman–Crippen MR) is 54.6 cm³/mol. The molecule has 0 aromatic carbocycles. The molecule has 0 aromatic heterocycles. The number of nitrogens with one attached hydrogen (secondary N) is 1. The molecule has 82 valence electrons. The molecule has 0 aliphatic carbocycles. The highest BCUT2D eigenvalue weighted by atomic mass is 35.5. The van der Waals surface area contributed by atoms with Crippen molar-refractivity contribution in [2.75, 3.05) is 12.5 Å². The molecule has 1 unspecified atom stereocenters. The van der Waals surface area contributed by atoms with Crippen LogP contribution in [0.5, 0.6) is 0 Å². The highest BCUT2D eigenvalue weighted by Gasteiger charge is 2.14. The Hall–Kier alpha value is -0.770. The summed E-state index contributed by atoms with van der Waals surface area (Å²) in [6.45, 7) is 3.94. The molecule has 0 rings (SSSR count). The zero-order chi connectivity index (χ0) is 11.0. The van der Waals surface area contributed by atoms with Crippen molar-refractivity contribution in [1.29, 1.82) is 0 Å². The molecular weight excluding hydrogens is 206 g/mol. The SMILES string of the molecule is CCOC(=O)NC(CC)CC(=O)CCl. The smallest absolute Gasteiger partial charge is 0.407 e. The summed E-state index contributed by atoms with van der Waals surface area (Å²) in [5, 5.41) is 2.59. The van der Waals surface area contributed by atoms with Crippen molar-refractivity contribution >= 4 is 23.5 Å². The number of carbonyl (C=O) groups excluding carboxylic acids is 2. The number of rotatable bonds is 6. The number of ether oxygens (including phenoxy) is 1. The fourth-order valence-electron chi connectivity index (χ4n) is 0.966. The molecule has 0 heterocycles. The van der Waals surface area contributed by atoms with Gasteiger partial charge in [0.15, 0.2) is 0 Å². The Morgan fingerprint density at radius 2 is 2.07 bits per heavy atom. The number of alkyl carbamates (subject to hydrolysis) is 1. The van der Waals surface area contributed by atoms with Gasteiger partial charge in [0.05, 0.1) is 12.5 Å². The monoisotopic (exact) mass is 221 g/mol. The summed E-state index contributed by atoms with van der Waals surface area (Å²) in [4.78, 5) is 22.0. The van der Waals surface area contributed by atoms with Crippen molar-refractivity contribution in [3.63, 3.8) is 0 Å². The van der Waals surface area contributed by atoms with E-state index >= 15 is 0 Å². The van der Waals surface area contributed by atoms with Crippen molar-refractivity contribution in [3.8, 4) is 0 Å². The summed E-state index contributed by atoms with van der Waals surface area (Å²) in [7, 11) is 0. The summed E-state index contributed by atoms with van der Waals surface area (Å²) in [5.41, 5.74) is 0. The molecule has 0 aliphatic rings. The van der Waals surface area contributed by atoms with E-state index in [1.54, 1.807) is 6.92 Å². The number of carbonyl (C=O) groups is 2. The van der Waals surface area contributed by atoms with Crippen LogP contribution < -0.4 is 5.32 Å². The van der Waals surface area contributed by atoms with Crippen molar-refractivity contribution in [2.45, 2.75) is 32.7 Å². The van der Waals surface area contributed by atoms with Crippen LogP contribution in [0.25, 0.3) is 0 Å². The van der Waals surface area contributed by atoms with Gasteiger partial charge in [-0.1, -0.05) is 6.92 Å². The second kappa shape index (κ2) is 7.62. The minimum absolute atomic E-state index is 0.0129. The number of hydrogen-bond donors (Lipinski definition) is 1. The highest BCUT2D eigenvalue weighted by Crippen LogP contribution is 2.00. The number of amides is 1. The summed E-state index contributed by atoms with van der Waals surface area (Å²) in [6, 6.07) is -0.180. The van der Waals surface area contributed by atoms with Gasteiger partial charge < -0.3 is 10.1 Å². The van der Waals surface area contributed by atoms with Crippen molar-refractivity contribution in [2.24, 2.45) is 0 Å². The molecule has 0 aromatic rings. The van der Waals surface area contributed by atoms with Crippen LogP contribution in [0.1, 0.15) is 26.7 Å². The van der Waals surface area contributed by atoms with Gasteiger partial charge >= 0.3 is 6.09 Å². The maximum Gasteiger partial charge on any atom is 0.407 e. The molecule has 0 bridgehead atoms. The second-order valence-corrected chi connectivity index (χ2v) is 3.11. The molecule has 0 radical (unpaired) electrons. The van der Waals surface area contributed by atoms with Gasteiger partial charge in [0, 0.05) is 12.5 Å². The Labute approximate surface area is 88.9 Å². The predicted octanol–water partition coefficient (Wildman–Crippen LogP) is 1.71. The first-order valence-corrected chi connectivity index (χ1v) is 5.18.